The Hall–Kier alpha value is -1.82. The maximum Gasteiger partial charge on any atom is 0.490 e. The molecule has 0 aromatic heterocycles. The molecule has 0 aromatic carbocycles. The summed E-state index contributed by atoms with van der Waals surface area (Å²) in [4.78, 5) is 22.8. The summed E-state index contributed by atoms with van der Waals surface area (Å²) in [5.74, 6) is -2.62. The molecule has 2 fully saturated rings. The van der Waals surface area contributed by atoms with Gasteiger partial charge in [-0.15, -0.1) is 0 Å². The van der Waals surface area contributed by atoms with Crippen molar-refractivity contribution >= 4 is 11.9 Å². The number of carbonyl (C=O) groups excluding carboxylic acids is 1. The highest BCUT2D eigenvalue weighted by Gasteiger charge is 2.38. The standard InChI is InChI=1S/C12H19N3O.C2HF3O2/c1-2-9-5-6-11(14-9)12(16)15-7-3-4-10(15)8-13;3-2(4,5)1(6)7/h9-11,14H,2-7H2,1H3;(H,6,7)/t9-,10-,11-;/m0./s1. The first-order valence-electron chi connectivity index (χ1n) is 7.47. The number of likely N-dealkylation sites (tertiary alicyclic amines) is 1. The van der Waals surface area contributed by atoms with Crippen molar-refractivity contribution in [2.75, 3.05) is 6.54 Å². The number of nitriles is 1. The Balaban J connectivity index is 0.000000322. The molecule has 2 heterocycles. The van der Waals surface area contributed by atoms with E-state index in [1.165, 1.54) is 0 Å². The lowest BCUT2D eigenvalue weighted by molar-refractivity contribution is -0.192. The average Bonchev–Trinajstić information content (AvgIpc) is 3.14. The van der Waals surface area contributed by atoms with Crippen LogP contribution < -0.4 is 5.32 Å². The fraction of sp³-hybridized carbons (Fsp3) is 0.786. The summed E-state index contributed by atoms with van der Waals surface area (Å²) in [5.41, 5.74) is 0. The van der Waals surface area contributed by atoms with Crippen LogP contribution in [0, 0.1) is 11.3 Å². The number of aliphatic carboxylic acids is 1. The monoisotopic (exact) mass is 335 g/mol. The molecule has 2 rings (SSSR count). The number of nitrogens with one attached hydrogen (secondary N) is 1. The second-order valence-corrected chi connectivity index (χ2v) is 5.52. The van der Waals surface area contributed by atoms with Crippen molar-refractivity contribution in [2.24, 2.45) is 0 Å². The molecule has 0 spiro atoms. The topological polar surface area (TPSA) is 93.4 Å². The molecule has 0 bridgehead atoms. The van der Waals surface area contributed by atoms with Crippen LogP contribution in [-0.2, 0) is 9.59 Å². The molecule has 0 saturated carbocycles. The summed E-state index contributed by atoms with van der Waals surface area (Å²) in [6.45, 7) is 2.89. The fourth-order valence-electron chi connectivity index (χ4n) is 2.70. The van der Waals surface area contributed by atoms with E-state index in [4.69, 9.17) is 15.2 Å². The number of carboxylic acids is 1. The lowest BCUT2D eigenvalue weighted by atomic mass is 10.1. The summed E-state index contributed by atoms with van der Waals surface area (Å²) in [6.07, 6.45) is -0.199. The Labute approximate surface area is 132 Å². The molecule has 2 saturated heterocycles. The van der Waals surface area contributed by atoms with Crippen LogP contribution in [0.25, 0.3) is 0 Å². The van der Waals surface area contributed by atoms with E-state index >= 15 is 0 Å². The van der Waals surface area contributed by atoms with Crippen molar-refractivity contribution in [1.82, 2.24) is 10.2 Å². The van der Waals surface area contributed by atoms with Gasteiger partial charge in [-0.25, -0.2) is 4.79 Å². The lowest BCUT2D eigenvalue weighted by Gasteiger charge is -2.23. The molecule has 9 heteroatoms. The molecule has 23 heavy (non-hydrogen) atoms. The van der Waals surface area contributed by atoms with Crippen LogP contribution in [0.2, 0.25) is 0 Å². The van der Waals surface area contributed by atoms with Gasteiger partial charge < -0.3 is 15.3 Å². The molecule has 0 unspecified atom stereocenters. The second-order valence-electron chi connectivity index (χ2n) is 5.52. The number of amides is 1. The largest absolute Gasteiger partial charge is 0.490 e. The first kappa shape index (κ1) is 19.2. The molecule has 0 aliphatic carbocycles. The Morgan fingerprint density at radius 3 is 2.39 bits per heavy atom. The molecular weight excluding hydrogens is 315 g/mol. The Bertz CT molecular complexity index is 476. The highest BCUT2D eigenvalue weighted by molar-refractivity contribution is 5.83. The number of nitrogens with zero attached hydrogens (tertiary/aromatic N) is 2. The van der Waals surface area contributed by atoms with Gasteiger partial charge in [-0.3, -0.25) is 4.79 Å². The minimum atomic E-state index is -5.08. The highest BCUT2D eigenvalue weighted by atomic mass is 19.4. The van der Waals surface area contributed by atoms with Crippen molar-refractivity contribution < 1.29 is 27.9 Å². The predicted molar refractivity (Wildman–Crippen MR) is 74.3 cm³/mol. The molecule has 3 atom stereocenters. The third-order valence-corrected chi connectivity index (χ3v) is 3.96. The molecule has 2 aliphatic heterocycles. The van der Waals surface area contributed by atoms with Crippen molar-refractivity contribution in [2.45, 2.75) is 63.3 Å². The van der Waals surface area contributed by atoms with Crippen LogP contribution in [0.4, 0.5) is 13.2 Å². The zero-order chi connectivity index (χ0) is 17.6. The summed E-state index contributed by atoms with van der Waals surface area (Å²) < 4.78 is 31.7. The average molecular weight is 335 g/mol. The van der Waals surface area contributed by atoms with Gasteiger partial charge in [0.25, 0.3) is 0 Å². The number of carboxylic acid groups (broad SMARTS) is 1. The Kier molecular flexibility index (Phi) is 6.81. The predicted octanol–water partition coefficient (Wildman–Crippen LogP) is 1.66. The summed E-state index contributed by atoms with van der Waals surface area (Å²) in [5, 5.41) is 19.4. The van der Waals surface area contributed by atoms with Gasteiger partial charge in [0.05, 0.1) is 12.1 Å². The smallest absolute Gasteiger partial charge is 0.475 e. The number of halogens is 3. The lowest BCUT2D eigenvalue weighted by Crippen LogP contribution is -2.46. The van der Waals surface area contributed by atoms with E-state index < -0.39 is 12.1 Å². The molecular formula is C14H20F3N3O3. The van der Waals surface area contributed by atoms with Crippen molar-refractivity contribution in [3.05, 3.63) is 0 Å². The number of carbonyl (C=O) groups is 2. The quantitative estimate of drug-likeness (QED) is 0.800. The van der Waals surface area contributed by atoms with E-state index in [1.54, 1.807) is 4.90 Å². The van der Waals surface area contributed by atoms with Gasteiger partial charge in [-0.2, -0.15) is 18.4 Å². The molecule has 0 radical (unpaired) electrons. The number of alkyl halides is 3. The van der Waals surface area contributed by atoms with E-state index in [2.05, 4.69) is 18.3 Å². The number of hydrogen-bond acceptors (Lipinski definition) is 4. The van der Waals surface area contributed by atoms with Crippen molar-refractivity contribution in [3.8, 4) is 6.07 Å². The van der Waals surface area contributed by atoms with Gasteiger partial charge in [-0.1, -0.05) is 6.92 Å². The second kappa shape index (κ2) is 8.15. The molecule has 130 valence electrons. The first-order chi connectivity index (χ1) is 10.7. The van der Waals surface area contributed by atoms with Crippen LogP contribution in [0.1, 0.15) is 39.0 Å². The first-order valence-corrected chi connectivity index (χ1v) is 7.47. The van der Waals surface area contributed by atoms with E-state index in [0.717, 1.165) is 38.6 Å². The minimum absolute atomic E-state index is 0.0427. The SMILES string of the molecule is CC[C@H]1CC[C@@H](C(=O)N2CCC[C@H]2C#N)N1.O=C(O)C(F)(F)F. The van der Waals surface area contributed by atoms with Gasteiger partial charge in [0.1, 0.15) is 6.04 Å². The molecule has 0 aromatic rings. The van der Waals surface area contributed by atoms with Gasteiger partial charge in [-0.05, 0) is 32.1 Å². The molecule has 1 amide bonds. The third-order valence-electron chi connectivity index (χ3n) is 3.96. The summed E-state index contributed by atoms with van der Waals surface area (Å²) >= 11 is 0. The van der Waals surface area contributed by atoms with Crippen LogP contribution >= 0.6 is 0 Å². The normalized spacial score (nSPS) is 27.1. The van der Waals surface area contributed by atoms with Crippen LogP contribution in [-0.4, -0.2) is 52.7 Å². The zero-order valence-electron chi connectivity index (χ0n) is 12.8. The summed E-state index contributed by atoms with van der Waals surface area (Å²) in [7, 11) is 0. The minimum Gasteiger partial charge on any atom is -0.475 e. The van der Waals surface area contributed by atoms with E-state index in [-0.39, 0.29) is 18.0 Å². The highest BCUT2D eigenvalue weighted by Crippen LogP contribution is 2.22. The Morgan fingerprint density at radius 1 is 1.35 bits per heavy atom. The summed E-state index contributed by atoms with van der Waals surface area (Å²) in [6, 6.07) is 2.48. The van der Waals surface area contributed by atoms with Gasteiger partial charge in [0, 0.05) is 12.6 Å². The number of rotatable bonds is 2. The Morgan fingerprint density at radius 2 is 1.96 bits per heavy atom. The molecule has 6 nitrogen and oxygen atoms in total. The maximum atomic E-state index is 12.2. The van der Waals surface area contributed by atoms with Crippen molar-refractivity contribution in [3.63, 3.8) is 0 Å². The van der Waals surface area contributed by atoms with E-state index in [9.17, 15) is 18.0 Å². The zero-order valence-corrected chi connectivity index (χ0v) is 12.8. The van der Waals surface area contributed by atoms with Gasteiger partial charge in [0.2, 0.25) is 5.91 Å². The molecule has 2 N–H and O–H groups in total. The number of hydrogen-bond donors (Lipinski definition) is 2. The maximum absolute atomic E-state index is 12.2. The molecule has 2 aliphatic rings. The third kappa shape index (κ3) is 5.39. The van der Waals surface area contributed by atoms with Crippen molar-refractivity contribution in [1.29, 1.82) is 5.26 Å². The van der Waals surface area contributed by atoms with E-state index in [1.807, 2.05) is 0 Å². The van der Waals surface area contributed by atoms with E-state index in [0.29, 0.717) is 6.04 Å². The van der Waals surface area contributed by atoms with Gasteiger partial charge in [0.15, 0.2) is 0 Å². The fourth-order valence-corrected chi connectivity index (χ4v) is 2.70. The van der Waals surface area contributed by atoms with Crippen LogP contribution in [0.5, 0.6) is 0 Å². The van der Waals surface area contributed by atoms with Gasteiger partial charge >= 0.3 is 12.1 Å². The van der Waals surface area contributed by atoms with Crippen LogP contribution in [0.15, 0.2) is 0 Å². The van der Waals surface area contributed by atoms with Crippen LogP contribution in [0.3, 0.4) is 0 Å².